The van der Waals surface area contributed by atoms with Gasteiger partial charge < -0.3 is 0 Å². The molecule has 0 aromatic heterocycles. The van der Waals surface area contributed by atoms with Crippen LogP contribution in [-0.2, 0) is 10.0 Å². The van der Waals surface area contributed by atoms with Gasteiger partial charge in [0.2, 0.25) is 10.0 Å². The van der Waals surface area contributed by atoms with Crippen molar-refractivity contribution < 1.29 is 8.42 Å². The fraction of sp³-hybridized carbons (Fsp3) is 0.500. The van der Waals surface area contributed by atoms with Crippen LogP contribution < -0.4 is 0 Å². The monoisotopic (exact) mass is 310 g/mol. The number of hydrogen-bond acceptors (Lipinski definition) is 4. The second-order valence-electron chi connectivity index (χ2n) is 5.47. The molecule has 0 saturated carbocycles. The molecule has 1 fully saturated rings. The smallest absolute Gasteiger partial charge is 0.207 e. The van der Waals surface area contributed by atoms with Crippen LogP contribution in [-0.4, -0.2) is 31.0 Å². The molecular formula is C14H18N2O2S2. The molecular weight excluding hydrogens is 292 g/mol. The van der Waals surface area contributed by atoms with Crippen LogP contribution in [0.4, 0.5) is 5.69 Å². The maximum atomic E-state index is 12.6. The Morgan fingerprint density at radius 3 is 2.25 bits per heavy atom. The van der Waals surface area contributed by atoms with E-state index >= 15 is 0 Å². The molecule has 0 N–H and O–H groups in total. The zero-order chi connectivity index (χ0) is 14.8. The highest BCUT2D eigenvalue weighted by atomic mass is 32.2. The Morgan fingerprint density at radius 2 is 1.75 bits per heavy atom. The van der Waals surface area contributed by atoms with Gasteiger partial charge in [0, 0.05) is 13.1 Å². The minimum absolute atomic E-state index is 0.308. The summed E-state index contributed by atoms with van der Waals surface area (Å²) in [5.41, 5.74) is 0.610. The SMILES string of the molecule is C[C@H]1C[C@H](C)CN(S(=O)(=O)c2ccc(N=C=S)cc2)C1. The molecule has 1 aromatic carbocycles. The summed E-state index contributed by atoms with van der Waals surface area (Å²) in [5.74, 6) is 0.791. The Morgan fingerprint density at radius 1 is 1.20 bits per heavy atom. The highest BCUT2D eigenvalue weighted by Gasteiger charge is 2.31. The molecule has 1 aliphatic rings. The zero-order valence-corrected chi connectivity index (χ0v) is 13.2. The van der Waals surface area contributed by atoms with Crippen molar-refractivity contribution in [3.63, 3.8) is 0 Å². The number of benzene rings is 1. The Hall–Kier alpha value is -1.07. The molecule has 1 heterocycles. The van der Waals surface area contributed by atoms with Crippen LogP contribution in [0.15, 0.2) is 34.2 Å². The number of isothiocyanates is 1. The largest absolute Gasteiger partial charge is 0.243 e. The maximum absolute atomic E-state index is 12.6. The Bertz CT molecular complexity index is 609. The first-order valence-electron chi connectivity index (χ1n) is 6.61. The summed E-state index contributed by atoms with van der Waals surface area (Å²) in [5, 5.41) is 2.27. The molecule has 2 rings (SSSR count). The fourth-order valence-corrected chi connectivity index (χ4v) is 4.48. The van der Waals surface area contributed by atoms with Crippen LogP contribution in [0.2, 0.25) is 0 Å². The van der Waals surface area contributed by atoms with Crippen LogP contribution in [0.5, 0.6) is 0 Å². The van der Waals surface area contributed by atoms with E-state index in [2.05, 4.69) is 36.2 Å². The lowest BCUT2D eigenvalue weighted by atomic mass is 9.94. The summed E-state index contributed by atoms with van der Waals surface area (Å²) in [4.78, 5) is 4.13. The molecule has 4 nitrogen and oxygen atoms in total. The second kappa shape index (κ2) is 6.14. The van der Waals surface area contributed by atoms with Gasteiger partial charge in [0.05, 0.1) is 15.7 Å². The molecule has 1 aromatic rings. The summed E-state index contributed by atoms with van der Waals surface area (Å²) in [6.07, 6.45) is 1.08. The maximum Gasteiger partial charge on any atom is 0.243 e. The van der Waals surface area contributed by atoms with Gasteiger partial charge >= 0.3 is 0 Å². The summed E-state index contributed by atoms with van der Waals surface area (Å²) in [7, 11) is -3.41. The molecule has 0 bridgehead atoms. The fourth-order valence-electron chi connectivity index (χ4n) is 2.70. The summed E-state index contributed by atoms with van der Waals surface area (Å²) in [6.45, 7) is 5.36. The lowest BCUT2D eigenvalue weighted by Gasteiger charge is -2.34. The molecule has 1 aliphatic heterocycles. The molecule has 2 atom stereocenters. The first-order chi connectivity index (χ1) is 9.43. The van der Waals surface area contributed by atoms with Crippen molar-refractivity contribution in [2.45, 2.75) is 25.2 Å². The van der Waals surface area contributed by atoms with Gasteiger partial charge in [-0.05, 0) is 54.7 Å². The third-order valence-electron chi connectivity index (χ3n) is 3.48. The summed E-state index contributed by atoms with van der Waals surface area (Å²) >= 11 is 4.53. The lowest BCUT2D eigenvalue weighted by Crippen LogP contribution is -2.42. The van der Waals surface area contributed by atoms with Gasteiger partial charge in [-0.15, -0.1) is 0 Å². The lowest BCUT2D eigenvalue weighted by molar-refractivity contribution is 0.222. The second-order valence-corrected chi connectivity index (χ2v) is 7.59. The predicted molar refractivity (Wildman–Crippen MR) is 82.8 cm³/mol. The van der Waals surface area contributed by atoms with E-state index in [9.17, 15) is 8.42 Å². The number of rotatable bonds is 3. The number of nitrogens with zero attached hydrogens (tertiary/aromatic N) is 2. The predicted octanol–water partition coefficient (Wildman–Crippen LogP) is 3.09. The number of hydrogen-bond donors (Lipinski definition) is 0. The van der Waals surface area contributed by atoms with E-state index in [1.54, 1.807) is 28.6 Å². The normalized spacial score (nSPS) is 24.1. The number of aliphatic imine (C=N–C) groups is 1. The van der Waals surface area contributed by atoms with Gasteiger partial charge in [-0.2, -0.15) is 9.30 Å². The third kappa shape index (κ3) is 3.33. The standard InChI is InChI=1S/C14H18N2O2S2/c1-11-7-12(2)9-16(8-11)20(17,18)14-5-3-13(4-6-14)15-10-19/h3-6,11-12H,7-9H2,1-2H3/t11-,12-/m0/s1. The molecule has 0 aliphatic carbocycles. The van der Waals surface area contributed by atoms with Crippen molar-refractivity contribution in [3.8, 4) is 0 Å². The molecule has 6 heteroatoms. The molecule has 0 unspecified atom stereocenters. The van der Waals surface area contributed by atoms with E-state index in [1.165, 1.54) is 0 Å². The van der Waals surface area contributed by atoms with Crippen molar-refractivity contribution in [2.75, 3.05) is 13.1 Å². The van der Waals surface area contributed by atoms with E-state index < -0.39 is 10.0 Å². The first-order valence-corrected chi connectivity index (χ1v) is 8.46. The summed E-state index contributed by atoms with van der Waals surface area (Å²) < 4.78 is 26.8. The quantitative estimate of drug-likeness (QED) is 0.637. The van der Waals surface area contributed by atoms with E-state index in [4.69, 9.17) is 0 Å². The summed E-state index contributed by atoms with van der Waals surface area (Å²) in [6, 6.07) is 6.43. The van der Waals surface area contributed by atoms with Gasteiger partial charge in [0.25, 0.3) is 0 Å². The molecule has 0 amide bonds. The Balaban J connectivity index is 2.27. The van der Waals surface area contributed by atoms with E-state index in [0.717, 1.165) is 6.42 Å². The molecule has 108 valence electrons. The van der Waals surface area contributed by atoms with Gasteiger partial charge in [-0.25, -0.2) is 8.42 Å². The molecule has 1 saturated heterocycles. The number of piperidine rings is 1. The highest BCUT2D eigenvalue weighted by Crippen LogP contribution is 2.27. The van der Waals surface area contributed by atoms with Crippen molar-refractivity contribution in [2.24, 2.45) is 16.8 Å². The van der Waals surface area contributed by atoms with Gasteiger partial charge in [0.15, 0.2) is 0 Å². The van der Waals surface area contributed by atoms with Crippen LogP contribution in [0.1, 0.15) is 20.3 Å². The average Bonchev–Trinajstić information content (AvgIpc) is 2.38. The minimum Gasteiger partial charge on any atom is -0.207 e. The van der Waals surface area contributed by atoms with Gasteiger partial charge in [-0.1, -0.05) is 13.8 Å². The Kier molecular flexibility index (Phi) is 4.70. The van der Waals surface area contributed by atoms with Crippen molar-refractivity contribution in [3.05, 3.63) is 24.3 Å². The van der Waals surface area contributed by atoms with Crippen LogP contribution in [0.25, 0.3) is 0 Å². The molecule has 20 heavy (non-hydrogen) atoms. The number of sulfonamides is 1. The van der Waals surface area contributed by atoms with Crippen molar-refractivity contribution in [1.29, 1.82) is 0 Å². The van der Waals surface area contributed by atoms with Gasteiger partial charge in [-0.3, -0.25) is 0 Å². The first kappa shape index (κ1) is 15.3. The molecule has 0 spiro atoms. The average molecular weight is 310 g/mol. The zero-order valence-electron chi connectivity index (χ0n) is 11.6. The van der Waals surface area contributed by atoms with E-state index in [1.807, 2.05) is 0 Å². The highest BCUT2D eigenvalue weighted by molar-refractivity contribution is 7.89. The number of thiocarbonyl (C=S) groups is 1. The Labute approximate surface area is 125 Å². The van der Waals surface area contributed by atoms with Crippen LogP contribution in [0.3, 0.4) is 0 Å². The van der Waals surface area contributed by atoms with Crippen molar-refractivity contribution in [1.82, 2.24) is 4.31 Å². The van der Waals surface area contributed by atoms with E-state index in [0.29, 0.717) is 35.5 Å². The van der Waals surface area contributed by atoms with Crippen LogP contribution in [0, 0.1) is 11.8 Å². The molecule has 0 radical (unpaired) electrons. The van der Waals surface area contributed by atoms with Gasteiger partial charge in [0.1, 0.15) is 0 Å². The minimum atomic E-state index is -3.41. The van der Waals surface area contributed by atoms with Crippen molar-refractivity contribution >= 4 is 33.1 Å². The van der Waals surface area contributed by atoms with E-state index in [-0.39, 0.29) is 0 Å². The van der Waals surface area contributed by atoms with Crippen LogP contribution >= 0.6 is 12.2 Å². The third-order valence-corrected chi connectivity index (χ3v) is 5.42. The topological polar surface area (TPSA) is 49.7 Å².